The normalized spacial score (nSPS) is 10.6. The van der Waals surface area contributed by atoms with Gasteiger partial charge in [-0.05, 0) is 18.9 Å². The van der Waals surface area contributed by atoms with E-state index in [1.807, 2.05) is 20.8 Å². The van der Waals surface area contributed by atoms with Gasteiger partial charge < -0.3 is 15.5 Å². The average Bonchev–Trinajstić information content (AvgIpc) is 2.39. The fraction of sp³-hybridized carbons (Fsp3) is 0.571. The van der Waals surface area contributed by atoms with Crippen LogP contribution in [0.2, 0.25) is 10.0 Å². The van der Waals surface area contributed by atoms with Crippen molar-refractivity contribution in [2.45, 2.75) is 20.8 Å². The predicted octanol–water partition coefficient (Wildman–Crippen LogP) is 3.03. The number of halogens is 2. The Morgan fingerprint density at radius 3 is 2.62 bits per heavy atom. The minimum atomic E-state index is -0.0657. The number of anilines is 2. The van der Waals surface area contributed by atoms with Gasteiger partial charge in [-0.3, -0.25) is 4.79 Å². The Bertz CT molecular complexity index is 494. The van der Waals surface area contributed by atoms with E-state index in [2.05, 4.69) is 15.6 Å². The summed E-state index contributed by atoms with van der Waals surface area (Å²) in [6, 6.07) is 1.63. The first-order valence-corrected chi connectivity index (χ1v) is 7.68. The second kappa shape index (κ2) is 8.29. The lowest BCUT2D eigenvalue weighted by Gasteiger charge is -2.20. The summed E-state index contributed by atoms with van der Waals surface area (Å²) in [6.45, 7) is 7.58. The van der Waals surface area contributed by atoms with Crippen LogP contribution in [0.1, 0.15) is 20.8 Å². The molecule has 21 heavy (non-hydrogen) atoms. The molecule has 0 atom stereocenters. The van der Waals surface area contributed by atoms with Gasteiger partial charge in [0, 0.05) is 20.1 Å². The summed E-state index contributed by atoms with van der Waals surface area (Å²) in [5.41, 5.74) is 0. The van der Waals surface area contributed by atoms with Crippen molar-refractivity contribution in [3.63, 3.8) is 0 Å². The van der Waals surface area contributed by atoms with Crippen molar-refractivity contribution >= 4 is 40.7 Å². The number of nitrogens with one attached hydrogen (secondary N) is 2. The van der Waals surface area contributed by atoms with E-state index in [1.54, 1.807) is 18.0 Å². The van der Waals surface area contributed by atoms with Crippen LogP contribution in [0, 0.1) is 5.92 Å². The van der Waals surface area contributed by atoms with Gasteiger partial charge in [-0.25, -0.2) is 4.98 Å². The average molecular weight is 333 g/mol. The minimum Gasteiger partial charge on any atom is -0.369 e. The fourth-order valence-corrected chi connectivity index (χ4v) is 2.25. The number of amides is 1. The molecule has 0 aliphatic carbocycles. The first kappa shape index (κ1) is 17.9. The van der Waals surface area contributed by atoms with Gasteiger partial charge in [-0.15, -0.1) is 0 Å². The van der Waals surface area contributed by atoms with Crippen LogP contribution < -0.4 is 15.5 Å². The van der Waals surface area contributed by atoms with Crippen LogP contribution in [0.5, 0.6) is 0 Å². The van der Waals surface area contributed by atoms with Crippen LogP contribution in [0.4, 0.5) is 11.6 Å². The molecule has 0 bridgehead atoms. The molecule has 1 heterocycles. The van der Waals surface area contributed by atoms with E-state index < -0.39 is 0 Å². The Kier molecular flexibility index (Phi) is 7.05. The predicted molar refractivity (Wildman–Crippen MR) is 89.5 cm³/mol. The third kappa shape index (κ3) is 5.59. The van der Waals surface area contributed by atoms with Crippen molar-refractivity contribution in [3.8, 4) is 0 Å². The lowest BCUT2D eigenvalue weighted by atomic mass is 10.2. The van der Waals surface area contributed by atoms with E-state index in [4.69, 9.17) is 23.2 Å². The Morgan fingerprint density at radius 2 is 2.05 bits per heavy atom. The molecule has 0 aromatic carbocycles. The molecule has 0 spiro atoms. The largest absolute Gasteiger partial charge is 0.369 e. The number of likely N-dealkylation sites (N-methyl/N-ethyl adjacent to an activating group) is 1. The quantitative estimate of drug-likeness (QED) is 0.805. The van der Waals surface area contributed by atoms with Gasteiger partial charge >= 0.3 is 0 Å². The van der Waals surface area contributed by atoms with Crippen molar-refractivity contribution in [2.24, 2.45) is 5.92 Å². The zero-order chi connectivity index (χ0) is 16.0. The first-order valence-electron chi connectivity index (χ1n) is 6.92. The van der Waals surface area contributed by atoms with Crippen molar-refractivity contribution in [1.29, 1.82) is 0 Å². The summed E-state index contributed by atoms with van der Waals surface area (Å²) < 4.78 is 0. The van der Waals surface area contributed by atoms with Crippen molar-refractivity contribution in [3.05, 3.63) is 16.1 Å². The molecule has 0 saturated carbocycles. The van der Waals surface area contributed by atoms with Crippen LogP contribution in [-0.2, 0) is 4.79 Å². The number of pyridine rings is 1. The summed E-state index contributed by atoms with van der Waals surface area (Å²) >= 11 is 12.2. The molecular weight excluding hydrogens is 311 g/mol. The highest BCUT2D eigenvalue weighted by atomic mass is 35.5. The molecule has 1 aromatic heterocycles. The molecule has 0 radical (unpaired) electrons. The van der Waals surface area contributed by atoms with Gasteiger partial charge in [0.15, 0.2) is 0 Å². The molecule has 0 unspecified atom stereocenters. The fourth-order valence-electron chi connectivity index (χ4n) is 1.68. The summed E-state index contributed by atoms with van der Waals surface area (Å²) in [5.74, 6) is 1.44. The maximum Gasteiger partial charge on any atom is 0.239 e. The van der Waals surface area contributed by atoms with Crippen molar-refractivity contribution < 1.29 is 4.79 Å². The van der Waals surface area contributed by atoms with Crippen LogP contribution in [0.25, 0.3) is 0 Å². The summed E-state index contributed by atoms with van der Waals surface area (Å²) in [5, 5.41) is 6.80. The summed E-state index contributed by atoms with van der Waals surface area (Å²) in [7, 11) is 1.77. The van der Waals surface area contributed by atoms with Crippen LogP contribution in [-0.4, -0.2) is 37.6 Å². The molecule has 118 valence electrons. The number of rotatable bonds is 7. The van der Waals surface area contributed by atoms with Crippen LogP contribution in [0.15, 0.2) is 6.07 Å². The zero-order valence-electron chi connectivity index (χ0n) is 12.8. The van der Waals surface area contributed by atoms with Crippen LogP contribution >= 0.6 is 23.2 Å². The number of carbonyl (C=O) groups excluding carboxylic acids is 1. The second-order valence-electron chi connectivity index (χ2n) is 5.21. The van der Waals surface area contributed by atoms with E-state index >= 15 is 0 Å². The maximum atomic E-state index is 11.9. The molecule has 0 saturated heterocycles. The van der Waals surface area contributed by atoms with Gasteiger partial charge in [0.05, 0.1) is 16.6 Å². The number of hydrogen-bond acceptors (Lipinski definition) is 4. The smallest absolute Gasteiger partial charge is 0.239 e. The topological polar surface area (TPSA) is 57.3 Å². The third-order valence-electron chi connectivity index (χ3n) is 2.71. The lowest BCUT2D eigenvalue weighted by Crippen LogP contribution is -2.37. The Balaban J connectivity index is 2.79. The highest BCUT2D eigenvalue weighted by Gasteiger charge is 2.15. The summed E-state index contributed by atoms with van der Waals surface area (Å²) in [6.07, 6.45) is 0. The molecule has 5 nitrogen and oxygen atoms in total. The van der Waals surface area contributed by atoms with E-state index in [0.29, 0.717) is 40.7 Å². The molecule has 0 fully saturated rings. The molecule has 0 aliphatic rings. The van der Waals surface area contributed by atoms with Crippen molar-refractivity contribution in [1.82, 2.24) is 10.3 Å². The minimum absolute atomic E-state index is 0.0657. The molecule has 7 heteroatoms. The van der Waals surface area contributed by atoms with E-state index in [-0.39, 0.29) is 12.5 Å². The number of carbonyl (C=O) groups is 1. The molecule has 1 amide bonds. The van der Waals surface area contributed by atoms with Gasteiger partial charge in [-0.2, -0.15) is 0 Å². The van der Waals surface area contributed by atoms with Gasteiger partial charge in [0.25, 0.3) is 0 Å². The first-order chi connectivity index (χ1) is 9.85. The van der Waals surface area contributed by atoms with Crippen molar-refractivity contribution in [2.75, 3.05) is 36.9 Å². The third-order valence-corrected chi connectivity index (χ3v) is 3.27. The van der Waals surface area contributed by atoms with E-state index in [1.165, 1.54) is 0 Å². The Hall–Kier alpha value is -1.20. The number of aromatic nitrogens is 1. The number of nitrogens with zero attached hydrogens (tertiary/aromatic N) is 2. The van der Waals surface area contributed by atoms with Gasteiger partial charge in [-0.1, -0.05) is 37.0 Å². The van der Waals surface area contributed by atoms with Gasteiger partial charge in [0.1, 0.15) is 11.6 Å². The molecule has 1 rings (SSSR count). The van der Waals surface area contributed by atoms with Crippen LogP contribution in [0.3, 0.4) is 0 Å². The molecule has 1 aromatic rings. The van der Waals surface area contributed by atoms with Gasteiger partial charge in [0.2, 0.25) is 5.91 Å². The Morgan fingerprint density at radius 1 is 1.38 bits per heavy atom. The maximum absolute atomic E-state index is 11.9. The molecular formula is C14H22Cl2N4O. The summed E-state index contributed by atoms with van der Waals surface area (Å²) in [4.78, 5) is 17.9. The number of hydrogen-bond donors (Lipinski definition) is 2. The monoisotopic (exact) mass is 332 g/mol. The van der Waals surface area contributed by atoms with E-state index in [0.717, 1.165) is 0 Å². The standard InChI is InChI=1S/C14H22Cl2N4O/c1-5-17-13-10(15)6-11(16)14(19-13)20(4)8-12(21)18-7-9(2)3/h6,9H,5,7-8H2,1-4H3,(H,17,19)(H,18,21). The highest BCUT2D eigenvalue weighted by molar-refractivity contribution is 6.37. The van der Waals surface area contributed by atoms with E-state index in [9.17, 15) is 4.79 Å². The lowest BCUT2D eigenvalue weighted by molar-refractivity contribution is -0.119. The Labute approximate surface area is 136 Å². The second-order valence-corrected chi connectivity index (χ2v) is 6.02. The SMILES string of the molecule is CCNc1nc(N(C)CC(=O)NCC(C)C)c(Cl)cc1Cl. The molecule has 2 N–H and O–H groups in total. The molecule has 0 aliphatic heterocycles. The zero-order valence-corrected chi connectivity index (χ0v) is 14.3. The highest BCUT2D eigenvalue weighted by Crippen LogP contribution is 2.30.